The number of amides is 1. The molecule has 2 atom stereocenters. The summed E-state index contributed by atoms with van der Waals surface area (Å²) in [4.78, 5) is 38.5. The number of fused-ring (bicyclic) bond motifs is 1. The van der Waals surface area contributed by atoms with Crippen LogP contribution < -0.4 is 14.9 Å². The maximum absolute atomic E-state index is 13.6. The van der Waals surface area contributed by atoms with Crippen molar-refractivity contribution < 1.29 is 22.7 Å². The Hall–Kier alpha value is -3.96. The first-order chi connectivity index (χ1) is 18.8. The van der Waals surface area contributed by atoms with Gasteiger partial charge in [-0.2, -0.15) is 5.26 Å². The number of esters is 1. The molecule has 14 heteroatoms. The van der Waals surface area contributed by atoms with Crippen LogP contribution in [0.4, 0.5) is 16.0 Å². The summed E-state index contributed by atoms with van der Waals surface area (Å²) in [6, 6.07) is 5.17. The van der Waals surface area contributed by atoms with Gasteiger partial charge in [0.15, 0.2) is 5.13 Å². The lowest BCUT2D eigenvalue weighted by Gasteiger charge is -2.28. The van der Waals surface area contributed by atoms with Gasteiger partial charge in [-0.1, -0.05) is 11.3 Å². The van der Waals surface area contributed by atoms with Gasteiger partial charge in [0, 0.05) is 37.6 Å². The van der Waals surface area contributed by atoms with Gasteiger partial charge < -0.3 is 20.3 Å². The van der Waals surface area contributed by atoms with E-state index in [0.717, 1.165) is 40.8 Å². The number of ether oxygens (including phenoxy) is 1. The van der Waals surface area contributed by atoms with Crippen LogP contribution in [0.5, 0.6) is 0 Å². The molecule has 1 amide bonds. The minimum Gasteiger partial charge on any atom is -0.467 e. The Bertz CT molecular complexity index is 1540. The van der Waals surface area contributed by atoms with Gasteiger partial charge in [0.1, 0.15) is 22.9 Å². The number of anilines is 3. The number of carbonyl (C=O) groups is 2. The second-order valence-electron chi connectivity index (χ2n) is 9.38. The Morgan fingerprint density at radius 2 is 2.08 bits per heavy atom. The number of nitrogens with two attached hydrogens (primary N) is 1. The summed E-state index contributed by atoms with van der Waals surface area (Å²) in [6.45, 7) is 1.86. The first-order valence-electron chi connectivity index (χ1n) is 12.4. The van der Waals surface area contributed by atoms with Crippen molar-refractivity contribution in [1.82, 2.24) is 14.9 Å². The van der Waals surface area contributed by atoms with E-state index in [-0.39, 0.29) is 25.2 Å². The number of rotatable bonds is 8. The fourth-order valence-electron chi connectivity index (χ4n) is 5.22. The van der Waals surface area contributed by atoms with Gasteiger partial charge in [-0.15, -0.1) is 0 Å². The molecule has 2 fully saturated rings. The summed E-state index contributed by atoms with van der Waals surface area (Å²) in [5.41, 5.74) is 6.79. The fraction of sp³-hybridized carbons (Fsp3) is 0.400. The van der Waals surface area contributed by atoms with Crippen molar-refractivity contribution in [2.45, 2.75) is 37.8 Å². The summed E-state index contributed by atoms with van der Waals surface area (Å²) in [5, 5.41) is 12.2. The smallest absolute Gasteiger partial charge is 0.328 e. The molecule has 0 bridgehead atoms. The Morgan fingerprint density at radius 1 is 1.31 bits per heavy atom. The predicted molar refractivity (Wildman–Crippen MR) is 147 cm³/mol. The van der Waals surface area contributed by atoms with E-state index in [4.69, 9.17) is 10.5 Å². The van der Waals surface area contributed by atoms with Gasteiger partial charge in [0.25, 0.3) is 0 Å². The van der Waals surface area contributed by atoms with E-state index >= 15 is 0 Å². The van der Waals surface area contributed by atoms with Crippen LogP contribution in [0.3, 0.4) is 0 Å². The lowest BCUT2D eigenvalue weighted by Crippen LogP contribution is -2.48. The average Bonchev–Trinajstić information content (AvgIpc) is 3.69. The summed E-state index contributed by atoms with van der Waals surface area (Å²) in [6.07, 6.45) is 5.33. The molecule has 2 saturated heterocycles. The number of carbonyl (C=O) groups excluding carboxylic acids is 2. The zero-order chi connectivity index (χ0) is 27.7. The Balaban J connectivity index is 1.43. The van der Waals surface area contributed by atoms with Crippen molar-refractivity contribution in [2.75, 3.05) is 41.7 Å². The maximum atomic E-state index is 13.6. The molecule has 2 aliphatic rings. The van der Waals surface area contributed by atoms with Crippen LogP contribution in [-0.4, -0.2) is 74.0 Å². The molecule has 0 unspecified atom stereocenters. The van der Waals surface area contributed by atoms with Crippen molar-refractivity contribution >= 4 is 60.8 Å². The molecule has 2 aliphatic heterocycles. The summed E-state index contributed by atoms with van der Waals surface area (Å²) in [5.74, 6) is -0.886. The molecule has 204 valence electrons. The molecule has 1 aromatic carbocycles. The number of nitrogen functional groups attached to an aromatic ring is 1. The number of aromatic nitrogens is 2. The number of hydrogen-bond donors (Lipinski definition) is 2. The van der Waals surface area contributed by atoms with E-state index in [1.807, 2.05) is 0 Å². The van der Waals surface area contributed by atoms with Crippen molar-refractivity contribution in [3.8, 4) is 6.07 Å². The highest BCUT2D eigenvalue weighted by Crippen LogP contribution is 2.35. The number of hydrogen-bond acceptors (Lipinski definition) is 11. The lowest BCUT2D eigenvalue weighted by atomic mass is 9.96. The molecular formula is C25H27N7O5S2. The second-order valence-corrected chi connectivity index (χ2v) is 11.3. The van der Waals surface area contributed by atoms with E-state index < -0.39 is 34.9 Å². The minimum atomic E-state index is -3.15. The molecule has 2 aromatic heterocycles. The van der Waals surface area contributed by atoms with Gasteiger partial charge in [0.05, 0.1) is 24.9 Å². The number of thiazole rings is 1. The highest BCUT2D eigenvalue weighted by atomic mass is 32.2. The fourth-order valence-corrected chi connectivity index (χ4v) is 7.12. The van der Waals surface area contributed by atoms with E-state index in [0.29, 0.717) is 21.5 Å². The second kappa shape index (κ2) is 11.0. The molecular weight excluding hydrogens is 542 g/mol. The topological polar surface area (TPSA) is 163 Å². The Kier molecular flexibility index (Phi) is 7.53. The molecule has 12 nitrogen and oxygen atoms in total. The molecule has 0 aliphatic carbocycles. The Labute approximate surface area is 230 Å². The largest absolute Gasteiger partial charge is 0.467 e. The number of nitriles is 1. The minimum absolute atomic E-state index is 0.00930. The number of nitrogens with zero attached hydrogens (tertiary/aromatic N) is 6. The molecule has 2 N–H and O–H groups in total. The number of likely N-dealkylation sites (tertiary alicyclic amines) is 1. The van der Waals surface area contributed by atoms with E-state index in [1.165, 1.54) is 29.5 Å². The predicted octanol–water partition coefficient (Wildman–Crippen LogP) is 1.46. The molecule has 39 heavy (non-hydrogen) atoms. The highest BCUT2D eigenvalue weighted by molar-refractivity contribution is 7.74. The monoisotopic (exact) mass is 569 g/mol. The first kappa shape index (κ1) is 26.6. The third-order valence-electron chi connectivity index (χ3n) is 7.17. The van der Waals surface area contributed by atoms with Crippen LogP contribution in [-0.2, 0) is 31.6 Å². The van der Waals surface area contributed by atoms with E-state index in [2.05, 4.69) is 20.9 Å². The van der Waals surface area contributed by atoms with Crippen LogP contribution in [0, 0.1) is 11.3 Å². The molecule has 4 heterocycles. The van der Waals surface area contributed by atoms with Crippen LogP contribution in [0.1, 0.15) is 30.4 Å². The standard InChI is InChI=1S/C25H27N7O5S2/c1-37-24(34)20(12-16-10-15-4-6-28-22(27)18(15)11-17(16)13-26)31-9-5-19(23(31)33)32(39(35)36)21-14-29-25(38-21)30-7-2-3-8-30/h4,6,10-11,14,19-20,39H,2-3,5,7-9,12H2,1H3,(H2,27,28)/t19-,20+/m0/s1. The normalized spacial score (nSPS) is 18.1. The quantitative estimate of drug-likeness (QED) is 0.300. The third-order valence-corrected chi connectivity index (χ3v) is 9.21. The van der Waals surface area contributed by atoms with Crippen LogP contribution in [0.15, 0.2) is 30.6 Å². The summed E-state index contributed by atoms with van der Waals surface area (Å²) in [7, 11) is -1.93. The van der Waals surface area contributed by atoms with Gasteiger partial charge in [0.2, 0.25) is 16.8 Å². The van der Waals surface area contributed by atoms with Crippen molar-refractivity contribution in [3.05, 3.63) is 41.7 Å². The van der Waals surface area contributed by atoms with Gasteiger partial charge >= 0.3 is 5.97 Å². The number of pyridine rings is 1. The van der Waals surface area contributed by atoms with Gasteiger partial charge in [-0.05, 0) is 48.4 Å². The SMILES string of the molecule is COC(=O)[C@@H](Cc1cc2ccnc(N)c2cc1C#N)N1CC[C@H](N(c2cnc(N3CCCC3)s2)[SH](=O)=O)C1=O. The number of benzene rings is 1. The number of thiol groups is 1. The lowest BCUT2D eigenvalue weighted by molar-refractivity contribution is -0.151. The van der Waals surface area contributed by atoms with Gasteiger partial charge in [-0.3, -0.25) is 4.79 Å². The zero-order valence-electron chi connectivity index (χ0n) is 21.1. The third kappa shape index (κ3) is 5.07. The summed E-state index contributed by atoms with van der Waals surface area (Å²) < 4.78 is 30.8. The summed E-state index contributed by atoms with van der Waals surface area (Å²) >= 11 is 1.23. The van der Waals surface area contributed by atoms with E-state index in [1.54, 1.807) is 24.4 Å². The molecule has 0 spiro atoms. The maximum Gasteiger partial charge on any atom is 0.328 e. The van der Waals surface area contributed by atoms with Crippen molar-refractivity contribution in [3.63, 3.8) is 0 Å². The number of methoxy groups -OCH3 is 1. The van der Waals surface area contributed by atoms with Crippen molar-refractivity contribution in [2.24, 2.45) is 0 Å². The van der Waals surface area contributed by atoms with Crippen LogP contribution >= 0.6 is 11.3 Å². The molecule has 0 saturated carbocycles. The molecule has 5 rings (SSSR count). The van der Waals surface area contributed by atoms with Gasteiger partial charge in [-0.25, -0.2) is 27.5 Å². The zero-order valence-corrected chi connectivity index (χ0v) is 22.9. The Morgan fingerprint density at radius 3 is 2.77 bits per heavy atom. The molecule has 3 aromatic rings. The van der Waals surface area contributed by atoms with E-state index in [9.17, 15) is 23.3 Å². The highest BCUT2D eigenvalue weighted by Gasteiger charge is 2.44. The van der Waals surface area contributed by atoms with Crippen LogP contribution in [0.25, 0.3) is 10.8 Å². The van der Waals surface area contributed by atoms with Crippen molar-refractivity contribution in [1.29, 1.82) is 5.26 Å². The average molecular weight is 570 g/mol. The molecule has 0 radical (unpaired) electrons. The van der Waals surface area contributed by atoms with Crippen LogP contribution in [0.2, 0.25) is 0 Å². The first-order valence-corrected chi connectivity index (χ1v) is 14.4.